The second kappa shape index (κ2) is 8.74. The molecule has 0 bridgehead atoms. The van der Waals surface area contributed by atoms with Crippen LogP contribution < -0.4 is 0 Å². The molecule has 0 N–H and O–H groups in total. The second-order valence-corrected chi connectivity index (χ2v) is 6.73. The normalized spacial score (nSPS) is 13.2. The maximum Gasteiger partial charge on any atom is 0.471 e. The van der Waals surface area contributed by atoms with E-state index in [1.54, 1.807) is 13.8 Å². The fourth-order valence-corrected chi connectivity index (χ4v) is 2.83. The van der Waals surface area contributed by atoms with Gasteiger partial charge >= 0.3 is 12.1 Å². The van der Waals surface area contributed by atoms with Crippen LogP contribution >= 0.6 is 11.3 Å². The number of hydroxylamine groups is 2. The van der Waals surface area contributed by atoms with E-state index in [4.69, 9.17) is 4.84 Å². The molecular formula is C15H16F5N3O3S. The summed E-state index contributed by atoms with van der Waals surface area (Å²) in [4.78, 5) is 21.2. The average Bonchev–Trinajstić information content (AvgIpc) is 3.25. The molecule has 12 heteroatoms. The molecule has 150 valence electrons. The molecular weight excluding hydrogens is 397 g/mol. The van der Waals surface area contributed by atoms with Crippen molar-refractivity contribution in [2.75, 3.05) is 6.61 Å². The van der Waals surface area contributed by atoms with Gasteiger partial charge in [0.05, 0.1) is 11.4 Å². The molecule has 0 saturated heterocycles. The minimum absolute atomic E-state index is 0.134. The van der Waals surface area contributed by atoms with Crippen LogP contribution in [0.5, 0.6) is 0 Å². The van der Waals surface area contributed by atoms with Crippen LogP contribution in [0, 0.1) is 5.92 Å². The lowest BCUT2D eigenvalue weighted by Gasteiger charge is -2.23. The van der Waals surface area contributed by atoms with Crippen molar-refractivity contribution in [3.05, 3.63) is 22.9 Å². The van der Waals surface area contributed by atoms with Crippen LogP contribution in [0.25, 0.3) is 10.7 Å². The van der Waals surface area contributed by atoms with Gasteiger partial charge < -0.3 is 4.52 Å². The predicted octanol–water partition coefficient (Wildman–Crippen LogP) is 4.39. The molecule has 1 amide bonds. The molecule has 0 aromatic carbocycles. The summed E-state index contributed by atoms with van der Waals surface area (Å²) < 4.78 is 66.6. The van der Waals surface area contributed by atoms with Crippen LogP contribution in [0.2, 0.25) is 0 Å². The maximum absolute atomic E-state index is 12.5. The number of rotatable bonds is 8. The van der Waals surface area contributed by atoms with E-state index in [1.165, 1.54) is 12.1 Å². The van der Waals surface area contributed by atoms with Gasteiger partial charge in [0.15, 0.2) is 0 Å². The number of hydrogen-bond acceptors (Lipinski definition) is 6. The van der Waals surface area contributed by atoms with Gasteiger partial charge in [0.25, 0.3) is 6.43 Å². The molecule has 0 radical (unpaired) electrons. The zero-order valence-corrected chi connectivity index (χ0v) is 15.1. The van der Waals surface area contributed by atoms with Gasteiger partial charge in [-0.25, -0.2) is 13.8 Å². The van der Waals surface area contributed by atoms with Crippen molar-refractivity contribution in [1.29, 1.82) is 0 Å². The lowest BCUT2D eigenvalue weighted by Crippen LogP contribution is -2.35. The molecule has 2 rings (SSSR count). The summed E-state index contributed by atoms with van der Waals surface area (Å²) in [6.07, 6.45) is -7.02. The number of carbonyl (C=O) groups excluding carboxylic acids is 1. The van der Waals surface area contributed by atoms with Crippen molar-refractivity contribution in [2.24, 2.45) is 5.92 Å². The first-order chi connectivity index (χ1) is 12.6. The number of thiophene rings is 1. The first-order valence-corrected chi connectivity index (χ1v) is 8.65. The monoisotopic (exact) mass is 413 g/mol. The molecule has 1 atom stereocenters. The van der Waals surface area contributed by atoms with Crippen molar-refractivity contribution in [1.82, 2.24) is 15.2 Å². The molecule has 0 spiro atoms. The third-order valence-corrected chi connectivity index (χ3v) is 4.55. The van der Waals surface area contributed by atoms with Crippen LogP contribution in [-0.4, -0.2) is 34.1 Å². The zero-order chi connectivity index (χ0) is 20.2. The Morgan fingerprint density at radius 2 is 2.07 bits per heavy atom. The summed E-state index contributed by atoms with van der Waals surface area (Å²) in [7, 11) is 0. The van der Waals surface area contributed by atoms with Gasteiger partial charge in [0.2, 0.25) is 11.7 Å². The van der Waals surface area contributed by atoms with Gasteiger partial charge in [-0.2, -0.15) is 18.2 Å². The smallest absolute Gasteiger partial charge is 0.329 e. The van der Waals surface area contributed by atoms with Gasteiger partial charge in [-0.05, 0) is 18.6 Å². The highest BCUT2D eigenvalue weighted by molar-refractivity contribution is 7.15. The van der Waals surface area contributed by atoms with Gasteiger partial charge in [-0.1, -0.05) is 19.0 Å². The van der Waals surface area contributed by atoms with Crippen LogP contribution in [0.1, 0.15) is 31.0 Å². The van der Waals surface area contributed by atoms with E-state index in [1.807, 2.05) is 0 Å². The number of amides is 1. The predicted molar refractivity (Wildman–Crippen MR) is 84.6 cm³/mol. The van der Waals surface area contributed by atoms with Crippen LogP contribution in [0.4, 0.5) is 22.0 Å². The Morgan fingerprint density at radius 1 is 1.37 bits per heavy atom. The van der Waals surface area contributed by atoms with E-state index in [9.17, 15) is 26.7 Å². The Bertz CT molecular complexity index is 762. The highest BCUT2D eigenvalue weighted by Crippen LogP contribution is 2.32. The molecule has 0 aliphatic heterocycles. The first-order valence-electron chi connectivity index (χ1n) is 7.84. The lowest BCUT2D eigenvalue weighted by atomic mass is 10.1. The summed E-state index contributed by atoms with van der Waals surface area (Å²) in [6.45, 7) is 2.33. The van der Waals surface area contributed by atoms with Gasteiger partial charge in [0.1, 0.15) is 6.61 Å². The SMILES string of the molecule is CCC(C)C(=O)N(Cc1ccc(-c2noc(C(F)(F)F)n2)s1)OCC(F)F. The summed E-state index contributed by atoms with van der Waals surface area (Å²) in [5.41, 5.74) is 0. The molecule has 1 unspecified atom stereocenters. The summed E-state index contributed by atoms with van der Waals surface area (Å²) in [6, 6.07) is 2.97. The summed E-state index contributed by atoms with van der Waals surface area (Å²) in [5, 5.41) is 4.12. The van der Waals surface area contributed by atoms with E-state index in [0.29, 0.717) is 11.3 Å². The van der Waals surface area contributed by atoms with Crippen LogP contribution in [0.15, 0.2) is 16.7 Å². The molecule has 0 aliphatic carbocycles. The number of hydrogen-bond donors (Lipinski definition) is 0. The molecule has 2 aromatic rings. The summed E-state index contributed by atoms with van der Waals surface area (Å²) >= 11 is 0.996. The quantitative estimate of drug-likeness (QED) is 0.474. The molecule has 0 aliphatic rings. The minimum Gasteiger partial charge on any atom is -0.329 e. The third-order valence-electron chi connectivity index (χ3n) is 3.49. The average molecular weight is 413 g/mol. The maximum atomic E-state index is 12.5. The summed E-state index contributed by atoms with van der Waals surface area (Å²) in [5.74, 6) is -2.63. The van der Waals surface area contributed by atoms with Gasteiger partial charge in [0, 0.05) is 10.8 Å². The molecule has 0 saturated carbocycles. The van der Waals surface area contributed by atoms with E-state index in [0.717, 1.165) is 16.4 Å². The van der Waals surface area contributed by atoms with E-state index in [2.05, 4.69) is 14.7 Å². The fraction of sp³-hybridized carbons (Fsp3) is 0.533. The second-order valence-electron chi connectivity index (χ2n) is 5.56. The number of nitrogens with zero attached hydrogens (tertiary/aromatic N) is 3. The van der Waals surface area contributed by atoms with Crippen LogP contribution in [0.3, 0.4) is 0 Å². The van der Waals surface area contributed by atoms with E-state index in [-0.39, 0.29) is 17.2 Å². The molecule has 2 heterocycles. The first kappa shape index (κ1) is 21.2. The molecule has 6 nitrogen and oxygen atoms in total. The number of carbonyl (C=O) groups is 1. The molecule has 0 fully saturated rings. The number of halogens is 5. The molecule has 2 aromatic heterocycles. The molecule has 27 heavy (non-hydrogen) atoms. The van der Waals surface area contributed by atoms with Gasteiger partial charge in [-0.3, -0.25) is 9.63 Å². The highest BCUT2D eigenvalue weighted by atomic mass is 32.1. The Morgan fingerprint density at radius 3 is 2.63 bits per heavy atom. The standard InChI is InChI=1S/C15H16F5N3O3S/c1-3-8(2)13(24)23(25-7-11(16)17)6-9-4-5-10(27-9)12-21-14(26-22-12)15(18,19)20/h4-5,8,11H,3,6-7H2,1-2H3. The van der Waals surface area contributed by atoms with Crippen molar-refractivity contribution >= 4 is 17.2 Å². The van der Waals surface area contributed by atoms with Crippen LogP contribution in [-0.2, 0) is 22.4 Å². The highest BCUT2D eigenvalue weighted by Gasteiger charge is 2.38. The number of aromatic nitrogens is 2. The third kappa shape index (κ3) is 5.70. The Balaban J connectivity index is 2.14. The Hall–Kier alpha value is -2.08. The zero-order valence-electron chi connectivity index (χ0n) is 14.3. The largest absolute Gasteiger partial charge is 0.471 e. The topological polar surface area (TPSA) is 68.5 Å². The lowest BCUT2D eigenvalue weighted by molar-refractivity contribution is -0.205. The van der Waals surface area contributed by atoms with Crippen molar-refractivity contribution in [3.63, 3.8) is 0 Å². The Labute approximate surface area is 154 Å². The van der Waals surface area contributed by atoms with Gasteiger partial charge in [-0.15, -0.1) is 11.3 Å². The van der Waals surface area contributed by atoms with Crippen molar-refractivity contribution in [3.8, 4) is 10.7 Å². The van der Waals surface area contributed by atoms with Crippen molar-refractivity contribution in [2.45, 2.75) is 39.4 Å². The number of alkyl halides is 5. The Kier molecular flexibility index (Phi) is 6.87. The fourth-order valence-electron chi connectivity index (χ4n) is 1.92. The van der Waals surface area contributed by atoms with E-state index < -0.39 is 36.9 Å². The van der Waals surface area contributed by atoms with Crippen molar-refractivity contribution < 1.29 is 36.1 Å². The van der Waals surface area contributed by atoms with E-state index >= 15 is 0 Å². The minimum atomic E-state index is -4.76.